The minimum absolute atomic E-state index is 0.123. The van der Waals surface area contributed by atoms with E-state index < -0.39 is 6.04 Å². The number of fused-ring (bicyclic) bond motifs is 2. The van der Waals surface area contributed by atoms with Gasteiger partial charge in [0.25, 0.3) is 11.5 Å². The number of amides is 1. The van der Waals surface area contributed by atoms with Crippen LogP contribution < -0.4 is 15.0 Å². The van der Waals surface area contributed by atoms with Crippen molar-refractivity contribution in [3.63, 3.8) is 0 Å². The molecule has 1 atom stereocenters. The molecule has 8 heteroatoms. The number of methoxy groups -OCH3 is 2. The van der Waals surface area contributed by atoms with Crippen LogP contribution in [-0.4, -0.2) is 41.1 Å². The van der Waals surface area contributed by atoms with Gasteiger partial charge in [0.2, 0.25) is 0 Å². The Labute approximate surface area is 241 Å². The number of hydrogen-bond acceptors (Lipinski definition) is 5. The Balaban J connectivity index is 1.75. The number of carbonyl (C=O) groups is 1. The largest absolute Gasteiger partial charge is 0.497 e. The van der Waals surface area contributed by atoms with E-state index in [0.29, 0.717) is 50.5 Å². The smallest absolute Gasteiger partial charge is 0.266 e. The summed E-state index contributed by atoms with van der Waals surface area (Å²) in [6.07, 6.45) is 0.731. The van der Waals surface area contributed by atoms with Crippen molar-refractivity contribution in [3.8, 4) is 17.2 Å². The van der Waals surface area contributed by atoms with Crippen molar-refractivity contribution >= 4 is 43.5 Å². The van der Waals surface area contributed by atoms with Crippen LogP contribution in [0.25, 0.3) is 27.4 Å². The molecule has 0 fully saturated rings. The standard InChI is InChI=1S/C32H30BrN3O4/c1-5-17-35(31(37)24-15-10-12-21-11-6-7-13-23(21)24)20(2)30-34-26-16-9-8-14-25(26)32(38)36(30)27-18-22(39-3)19-28(40-4)29(27)33/h6-16,18-20H,5,17H2,1-4H3. The Morgan fingerprint density at radius 2 is 1.68 bits per heavy atom. The summed E-state index contributed by atoms with van der Waals surface area (Å²) in [7, 11) is 3.11. The van der Waals surface area contributed by atoms with Gasteiger partial charge < -0.3 is 14.4 Å². The predicted molar refractivity (Wildman–Crippen MR) is 162 cm³/mol. The van der Waals surface area contributed by atoms with E-state index in [2.05, 4.69) is 15.9 Å². The molecule has 4 aromatic carbocycles. The molecule has 0 N–H and O–H groups in total. The zero-order valence-corrected chi connectivity index (χ0v) is 24.4. The van der Waals surface area contributed by atoms with E-state index in [-0.39, 0.29) is 11.5 Å². The first-order valence-corrected chi connectivity index (χ1v) is 13.9. The first-order valence-electron chi connectivity index (χ1n) is 13.1. The zero-order valence-electron chi connectivity index (χ0n) is 22.8. The summed E-state index contributed by atoms with van der Waals surface area (Å²) in [5, 5.41) is 2.34. The molecule has 0 aliphatic heterocycles. The van der Waals surface area contributed by atoms with Gasteiger partial charge in [-0.1, -0.05) is 55.5 Å². The van der Waals surface area contributed by atoms with Crippen molar-refractivity contribution in [1.82, 2.24) is 14.5 Å². The molecule has 0 aliphatic carbocycles. The molecule has 0 saturated carbocycles. The first-order chi connectivity index (χ1) is 19.4. The van der Waals surface area contributed by atoms with Gasteiger partial charge in [-0.15, -0.1) is 0 Å². The van der Waals surface area contributed by atoms with E-state index in [4.69, 9.17) is 14.5 Å². The Morgan fingerprint density at radius 1 is 0.975 bits per heavy atom. The average Bonchev–Trinajstić information content (AvgIpc) is 2.99. The van der Waals surface area contributed by atoms with Gasteiger partial charge in [-0.25, -0.2) is 4.98 Å². The maximum atomic E-state index is 14.2. The lowest BCUT2D eigenvalue weighted by Crippen LogP contribution is -2.38. The number of rotatable bonds is 8. The third-order valence-electron chi connectivity index (χ3n) is 7.08. The van der Waals surface area contributed by atoms with Gasteiger partial charge in [0.15, 0.2) is 0 Å². The van der Waals surface area contributed by atoms with Crippen LogP contribution in [0.3, 0.4) is 0 Å². The molecule has 1 unspecified atom stereocenters. The van der Waals surface area contributed by atoms with Gasteiger partial charge in [-0.2, -0.15) is 0 Å². The molecule has 40 heavy (non-hydrogen) atoms. The highest BCUT2D eigenvalue weighted by molar-refractivity contribution is 9.10. The SMILES string of the molecule is CCCN(C(=O)c1cccc2ccccc12)C(C)c1nc2ccccc2c(=O)n1-c1cc(OC)cc(OC)c1Br. The highest BCUT2D eigenvalue weighted by atomic mass is 79.9. The summed E-state index contributed by atoms with van der Waals surface area (Å²) in [6, 6.07) is 23.8. The summed E-state index contributed by atoms with van der Waals surface area (Å²) in [6.45, 7) is 4.42. The van der Waals surface area contributed by atoms with E-state index in [9.17, 15) is 9.59 Å². The van der Waals surface area contributed by atoms with Crippen LogP contribution in [0.5, 0.6) is 11.5 Å². The fourth-order valence-corrected chi connectivity index (χ4v) is 5.64. The number of benzene rings is 4. The summed E-state index contributed by atoms with van der Waals surface area (Å²) < 4.78 is 13.2. The van der Waals surface area contributed by atoms with Crippen molar-refractivity contribution < 1.29 is 14.3 Å². The average molecular weight is 601 g/mol. The molecule has 5 rings (SSSR count). The quantitative estimate of drug-likeness (QED) is 0.193. The molecule has 0 radical (unpaired) electrons. The topological polar surface area (TPSA) is 73.7 Å². The van der Waals surface area contributed by atoms with Gasteiger partial charge in [-0.3, -0.25) is 14.2 Å². The summed E-state index contributed by atoms with van der Waals surface area (Å²) in [4.78, 5) is 35.1. The Kier molecular flexibility index (Phi) is 7.89. The molecule has 7 nitrogen and oxygen atoms in total. The van der Waals surface area contributed by atoms with Crippen molar-refractivity contribution in [1.29, 1.82) is 0 Å². The molecule has 0 spiro atoms. The number of nitrogens with zero attached hydrogens (tertiary/aromatic N) is 3. The molecule has 0 saturated heterocycles. The third kappa shape index (κ3) is 4.84. The van der Waals surface area contributed by atoms with E-state index in [1.807, 2.05) is 74.5 Å². The molecule has 1 heterocycles. The summed E-state index contributed by atoms with van der Waals surface area (Å²) in [5.74, 6) is 1.33. The fraction of sp³-hybridized carbons (Fsp3) is 0.219. The molecule has 5 aromatic rings. The van der Waals surface area contributed by atoms with E-state index in [0.717, 1.165) is 17.2 Å². The second kappa shape index (κ2) is 11.5. The number of halogens is 1. The number of para-hydroxylation sites is 1. The van der Waals surface area contributed by atoms with Gasteiger partial charge >= 0.3 is 0 Å². The van der Waals surface area contributed by atoms with Crippen molar-refractivity contribution in [2.75, 3.05) is 20.8 Å². The van der Waals surface area contributed by atoms with Crippen LogP contribution >= 0.6 is 15.9 Å². The number of aromatic nitrogens is 2. The lowest BCUT2D eigenvalue weighted by atomic mass is 10.0. The highest BCUT2D eigenvalue weighted by Crippen LogP contribution is 2.37. The Bertz CT molecular complexity index is 1780. The fourth-order valence-electron chi connectivity index (χ4n) is 5.07. The zero-order chi connectivity index (χ0) is 28.4. The van der Waals surface area contributed by atoms with Crippen LogP contribution in [0.15, 0.2) is 88.1 Å². The maximum absolute atomic E-state index is 14.2. The summed E-state index contributed by atoms with van der Waals surface area (Å²) >= 11 is 3.64. The van der Waals surface area contributed by atoms with Gasteiger partial charge in [-0.05, 0) is 58.2 Å². The molecular formula is C32H30BrN3O4. The molecule has 0 bridgehead atoms. The summed E-state index contributed by atoms with van der Waals surface area (Å²) in [5.41, 5.74) is 1.43. The molecular weight excluding hydrogens is 570 g/mol. The monoisotopic (exact) mass is 599 g/mol. The maximum Gasteiger partial charge on any atom is 0.266 e. The van der Waals surface area contributed by atoms with Crippen LogP contribution in [0, 0.1) is 0 Å². The minimum atomic E-state index is -0.548. The van der Waals surface area contributed by atoms with Crippen LogP contribution in [-0.2, 0) is 0 Å². The number of hydrogen-bond donors (Lipinski definition) is 0. The first kappa shape index (κ1) is 27.4. The van der Waals surface area contributed by atoms with Crippen molar-refractivity contribution in [2.45, 2.75) is 26.3 Å². The number of carbonyl (C=O) groups excluding carboxylic acids is 1. The molecule has 1 aromatic heterocycles. The second-order valence-electron chi connectivity index (χ2n) is 9.49. The van der Waals surface area contributed by atoms with Crippen LogP contribution in [0.4, 0.5) is 0 Å². The molecule has 1 amide bonds. The van der Waals surface area contributed by atoms with E-state index in [1.54, 1.807) is 41.9 Å². The van der Waals surface area contributed by atoms with Crippen molar-refractivity contribution in [2.24, 2.45) is 0 Å². The van der Waals surface area contributed by atoms with E-state index >= 15 is 0 Å². The number of ether oxygens (including phenoxy) is 2. The Hall–Kier alpha value is -4.17. The lowest BCUT2D eigenvalue weighted by molar-refractivity contribution is 0.0683. The van der Waals surface area contributed by atoms with Gasteiger partial charge in [0, 0.05) is 24.2 Å². The normalized spacial score (nSPS) is 11.9. The van der Waals surface area contributed by atoms with Crippen LogP contribution in [0.2, 0.25) is 0 Å². The van der Waals surface area contributed by atoms with Crippen molar-refractivity contribution in [3.05, 3.63) is 105 Å². The second-order valence-corrected chi connectivity index (χ2v) is 10.3. The van der Waals surface area contributed by atoms with Gasteiger partial charge in [0.05, 0.1) is 41.3 Å². The highest BCUT2D eigenvalue weighted by Gasteiger charge is 2.29. The van der Waals surface area contributed by atoms with E-state index in [1.165, 1.54) is 0 Å². The van der Waals surface area contributed by atoms with Gasteiger partial charge in [0.1, 0.15) is 17.3 Å². The minimum Gasteiger partial charge on any atom is -0.497 e. The third-order valence-corrected chi connectivity index (χ3v) is 7.88. The predicted octanol–water partition coefficient (Wildman–Crippen LogP) is 6.93. The lowest BCUT2D eigenvalue weighted by Gasteiger charge is -2.31. The van der Waals surface area contributed by atoms with Crippen LogP contribution in [0.1, 0.15) is 42.5 Å². The molecule has 0 aliphatic rings. The Morgan fingerprint density at radius 3 is 2.40 bits per heavy atom. The molecule has 204 valence electrons.